The van der Waals surface area contributed by atoms with Gasteiger partial charge in [-0.1, -0.05) is 0 Å². The van der Waals surface area contributed by atoms with Gasteiger partial charge in [-0.3, -0.25) is 18.6 Å². The Bertz CT molecular complexity index is 1490. The molecule has 13 heteroatoms. The van der Waals surface area contributed by atoms with Crippen LogP contribution in [-0.2, 0) is 30.2 Å². The second-order valence-electron chi connectivity index (χ2n) is 8.38. The lowest BCUT2D eigenvalue weighted by Gasteiger charge is -2.11. The highest BCUT2D eigenvalue weighted by Gasteiger charge is 2.41. The van der Waals surface area contributed by atoms with E-state index in [4.69, 9.17) is 5.41 Å². The largest absolute Gasteiger partial charge is 0.394 e. The Morgan fingerprint density at radius 3 is 2.64 bits per heavy atom. The zero-order chi connectivity index (χ0) is 24.0. The molecule has 0 bridgehead atoms. The smallest absolute Gasteiger partial charge is 0.332 e. The first kappa shape index (κ1) is 23.1. The van der Waals surface area contributed by atoms with E-state index in [2.05, 4.69) is 15.1 Å². The molecule has 1 aliphatic carbocycles. The standard InChI is InChI=1S/C20H25N7O4S2/c1-20(4-5-20)24-33(30,31)16-6-15-17(28)26(11-13(7-21)8-22-2)19(29)27(18(15)32-16)12-14-9-23-25(3)10-14/h6-10,21-22,24H,4-5,11-12H2,1-3H3/b13-8+,21-7?. The Balaban J connectivity index is 1.92. The molecule has 0 saturated heterocycles. The van der Waals surface area contributed by atoms with Crippen LogP contribution in [0.2, 0.25) is 0 Å². The first-order valence-corrected chi connectivity index (χ1v) is 12.5. The predicted molar refractivity (Wildman–Crippen MR) is 127 cm³/mol. The molecule has 176 valence electrons. The van der Waals surface area contributed by atoms with Gasteiger partial charge < -0.3 is 10.7 Å². The lowest BCUT2D eigenvalue weighted by Crippen LogP contribution is -2.40. The molecule has 0 unspecified atom stereocenters. The molecule has 3 N–H and O–H groups in total. The molecule has 3 heterocycles. The summed E-state index contributed by atoms with van der Waals surface area (Å²) in [7, 11) is -0.447. The Labute approximate surface area is 193 Å². The molecule has 33 heavy (non-hydrogen) atoms. The maximum Gasteiger partial charge on any atom is 0.332 e. The molecule has 1 fully saturated rings. The van der Waals surface area contributed by atoms with Crippen molar-refractivity contribution in [2.24, 2.45) is 7.05 Å². The number of aromatic nitrogens is 4. The Kier molecular flexibility index (Phi) is 5.88. The van der Waals surface area contributed by atoms with E-state index < -0.39 is 26.8 Å². The van der Waals surface area contributed by atoms with Crippen molar-refractivity contribution in [3.63, 3.8) is 0 Å². The highest BCUT2D eigenvalue weighted by molar-refractivity contribution is 7.91. The summed E-state index contributed by atoms with van der Waals surface area (Å²) in [5, 5.41) is 14.6. The van der Waals surface area contributed by atoms with Crippen LogP contribution in [-0.4, -0.2) is 46.1 Å². The van der Waals surface area contributed by atoms with Crippen LogP contribution in [0.1, 0.15) is 25.3 Å². The molecule has 4 rings (SSSR count). The Morgan fingerprint density at radius 2 is 2.06 bits per heavy atom. The monoisotopic (exact) mass is 491 g/mol. The molecular formula is C20H25N7O4S2. The second kappa shape index (κ2) is 8.39. The summed E-state index contributed by atoms with van der Waals surface area (Å²) in [6.45, 7) is 1.82. The average molecular weight is 492 g/mol. The first-order chi connectivity index (χ1) is 15.6. The second-order valence-corrected chi connectivity index (χ2v) is 11.3. The normalized spacial score (nSPS) is 15.7. The number of hydrogen-bond acceptors (Lipinski definition) is 8. The number of allylic oxidation sites excluding steroid dienone is 1. The quantitative estimate of drug-likeness (QED) is 0.374. The van der Waals surface area contributed by atoms with E-state index in [1.54, 1.807) is 31.2 Å². The number of aryl methyl sites for hydroxylation is 1. The summed E-state index contributed by atoms with van der Waals surface area (Å²) in [6.07, 6.45) is 7.44. The van der Waals surface area contributed by atoms with Gasteiger partial charge in [0.25, 0.3) is 15.6 Å². The molecule has 0 spiro atoms. The van der Waals surface area contributed by atoms with E-state index in [1.807, 2.05) is 6.92 Å². The number of rotatable bonds is 9. The Hall–Kier alpha value is -3.03. The van der Waals surface area contributed by atoms with Crippen molar-refractivity contribution in [1.29, 1.82) is 5.41 Å². The molecule has 0 aromatic carbocycles. The van der Waals surface area contributed by atoms with Crippen molar-refractivity contribution in [2.75, 3.05) is 7.05 Å². The third-order valence-corrected chi connectivity index (χ3v) is 8.74. The zero-order valence-electron chi connectivity index (χ0n) is 18.5. The van der Waals surface area contributed by atoms with Gasteiger partial charge >= 0.3 is 5.69 Å². The number of fused-ring (bicyclic) bond motifs is 1. The topological polar surface area (TPSA) is 144 Å². The summed E-state index contributed by atoms with van der Waals surface area (Å²) in [5.41, 5.74) is -0.521. The molecule has 3 aromatic heterocycles. The van der Waals surface area contributed by atoms with E-state index in [1.165, 1.54) is 16.8 Å². The van der Waals surface area contributed by atoms with Crippen molar-refractivity contribution in [3.8, 4) is 0 Å². The molecule has 11 nitrogen and oxygen atoms in total. The fourth-order valence-corrected chi connectivity index (χ4v) is 6.39. The number of nitrogens with one attached hydrogen (secondary N) is 3. The van der Waals surface area contributed by atoms with Gasteiger partial charge in [-0.05, 0) is 25.8 Å². The van der Waals surface area contributed by atoms with Crippen LogP contribution in [0.3, 0.4) is 0 Å². The van der Waals surface area contributed by atoms with Crippen molar-refractivity contribution in [2.45, 2.75) is 42.6 Å². The third kappa shape index (κ3) is 4.56. The van der Waals surface area contributed by atoms with Gasteiger partial charge in [0.05, 0.1) is 24.7 Å². The molecule has 0 radical (unpaired) electrons. The van der Waals surface area contributed by atoms with E-state index in [9.17, 15) is 18.0 Å². The van der Waals surface area contributed by atoms with Gasteiger partial charge in [-0.2, -0.15) is 5.10 Å². The minimum atomic E-state index is -3.85. The molecule has 0 aliphatic heterocycles. The van der Waals surface area contributed by atoms with Gasteiger partial charge in [-0.15, -0.1) is 11.3 Å². The highest BCUT2D eigenvalue weighted by atomic mass is 32.2. The van der Waals surface area contributed by atoms with Gasteiger partial charge in [0.1, 0.15) is 9.04 Å². The minimum Gasteiger partial charge on any atom is -0.394 e. The van der Waals surface area contributed by atoms with Gasteiger partial charge in [0, 0.05) is 49.4 Å². The van der Waals surface area contributed by atoms with Crippen LogP contribution in [0.25, 0.3) is 10.2 Å². The summed E-state index contributed by atoms with van der Waals surface area (Å²) >= 11 is 0.897. The molecule has 1 aliphatic rings. The number of thiophene rings is 1. The van der Waals surface area contributed by atoms with Crippen LogP contribution in [0.4, 0.5) is 0 Å². The van der Waals surface area contributed by atoms with Crippen LogP contribution in [0.5, 0.6) is 0 Å². The maximum absolute atomic E-state index is 13.4. The van der Waals surface area contributed by atoms with Crippen molar-refractivity contribution in [1.82, 2.24) is 29.0 Å². The van der Waals surface area contributed by atoms with Crippen LogP contribution in [0.15, 0.2) is 44.0 Å². The van der Waals surface area contributed by atoms with E-state index in [0.717, 1.165) is 40.5 Å². The van der Waals surface area contributed by atoms with E-state index in [-0.39, 0.29) is 27.5 Å². The van der Waals surface area contributed by atoms with Gasteiger partial charge in [-0.25, -0.2) is 17.9 Å². The fourth-order valence-electron chi connectivity index (χ4n) is 3.49. The van der Waals surface area contributed by atoms with Crippen molar-refractivity contribution in [3.05, 3.63) is 56.6 Å². The number of hydrogen-bond donors (Lipinski definition) is 3. The summed E-state index contributed by atoms with van der Waals surface area (Å²) in [4.78, 5) is 26.9. The van der Waals surface area contributed by atoms with Crippen molar-refractivity contribution < 1.29 is 8.42 Å². The summed E-state index contributed by atoms with van der Waals surface area (Å²) in [6, 6.07) is 1.33. The predicted octanol–water partition coefficient (Wildman–Crippen LogP) is 0.590. The molecule has 0 amide bonds. The lowest BCUT2D eigenvalue weighted by atomic mass is 10.3. The highest BCUT2D eigenvalue weighted by Crippen LogP contribution is 2.37. The third-order valence-electron chi connectivity index (χ3n) is 5.47. The number of sulfonamides is 1. The van der Waals surface area contributed by atoms with Crippen LogP contribution < -0.4 is 21.3 Å². The van der Waals surface area contributed by atoms with Gasteiger partial charge in [0.2, 0.25) is 0 Å². The SMILES string of the molecule is CN/C=C(\C=N)Cn1c(=O)c2cc(S(=O)(=O)NC3(C)CC3)sc2n(Cc2cnn(C)c2)c1=O. The van der Waals surface area contributed by atoms with Crippen LogP contribution >= 0.6 is 11.3 Å². The minimum absolute atomic E-state index is 0.0159. The molecule has 1 saturated carbocycles. The van der Waals surface area contributed by atoms with E-state index in [0.29, 0.717) is 5.57 Å². The van der Waals surface area contributed by atoms with Crippen LogP contribution in [0, 0.1) is 5.41 Å². The zero-order valence-corrected chi connectivity index (χ0v) is 20.1. The lowest BCUT2D eigenvalue weighted by molar-refractivity contribution is 0.560. The number of nitrogens with zero attached hydrogens (tertiary/aromatic N) is 4. The van der Waals surface area contributed by atoms with Crippen molar-refractivity contribution >= 4 is 37.8 Å². The molecular weight excluding hydrogens is 466 g/mol. The molecule has 0 atom stereocenters. The fraction of sp³-hybridized carbons (Fsp3) is 0.400. The van der Waals surface area contributed by atoms with Gasteiger partial charge in [0.15, 0.2) is 0 Å². The summed E-state index contributed by atoms with van der Waals surface area (Å²) in [5.74, 6) is 0. The average Bonchev–Trinajstić information content (AvgIpc) is 3.14. The molecule has 3 aromatic rings. The Morgan fingerprint density at radius 1 is 1.33 bits per heavy atom. The van der Waals surface area contributed by atoms with E-state index >= 15 is 0 Å². The maximum atomic E-state index is 13.4. The first-order valence-electron chi connectivity index (χ1n) is 10.2. The summed E-state index contributed by atoms with van der Waals surface area (Å²) < 4.78 is 32.6.